The third-order valence-electron chi connectivity index (χ3n) is 5.92. The maximum absolute atomic E-state index is 13.0. The second kappa shape index (κ2) is 12.3. The first kappa shape index (κ1) is 28.8. The molecule has 0 bridgehead atoms. The van der Waals surface area contributed by atoms with E-state index in [0.29, 0.717) is 43.8 Å². The van der Waals surface area contributed by atoms with Crippen LogP contribution in [0.3, 0.4) is 0 Å². The van der Waals surface area contributed by atoms with E-state index in [0.717, 1.165) is 23.3 Å². The van der Waals surface area contributed by atoms with E-state index in [4.69, 9.17) is 9.47 Å². The SMILES string of the molecule is Cc1cccc(C=NNc2cc(N3CCOCC3)nc(CC(C)(C)OC(=O)Nc3cccc(C(F)(F)F)c3)n2)c1. The summed E-state index contributed by atoms with van der Waals surface area (Å²) in [5, 5.41) is 6.68. The van der Waals surface area contributed by atoms with E-state index in [1.165, 1.54) is 12.1 Å². The van der Waals surface area contributed by atoms with Crippen LogP contribution in [0, 0.1) is 6.92 Å². The summed E-state index contributed by atoms with van der Waals surface area (Å²) in [6.07, 6.45) is -3.60. The van der Waals surface area contributed by atoms with Gasteiger partial charge in [-0.15, -0.1) is 0 Å². The van der Waals surface area contributed by atoms with Crippen LogP contribution >= 0.6 is 0 Å². The number of halogens is 3. The molecule has 4 rings (SSSR count). The van der Waals surface area contributed by atoms with Crippen molar-refractivity contribution < 1.29 is 27.4 Å². The van der Waals surface area contributed by atoms with Gasteiger partial charge in [-0.25, -0.2) is 14.8 Å². The number of ether oxygens (including phenoxy) is 2. The molecule has 1 aromatic heterocycles. The highest BCUT2D eigenvalue weighted by molar-refractivity contribution is 5.85. The van der Waals surface area contributed by atoms with Crippen LogP contribution in [0.25, 0.3) is 0 Å². The quantitative estimate of drug-likeness (QED) is 0.273. The van der Waals surface area contributed by atoms with Gasteiger partial charge in [-0.3, -0.25) is 10.7 Å². The minimum atomic E-state index is -4.53. The number of alkyl halides is 3. The topological polar surface area (TPSA) is 101 Å². The molecule has 1 aliphatic rings. The van der Waals surface area contributed by atoms with Gasteiger partial charge in [0.15, 0.2) is 5.82 Å². The molecule has 1 amide bonds. The monoisotopic (exact) mass is 556 g/mol. The molecule has 40 heavy (non-hydrogen) atoms. The van der Waals surface area contributed by atoms with Crippen LogP contribution in [-0.4, -0.2) is 54.2 Å². The van der Waals surface area contributed by atoms with Crippen LogP contribution in [0.15, 0.2) is 59.7 Å². The van der Waals surface area contributed by atoms with Gasteiger partial charge in [-0.2, -0.15) is 18.3 Å². The van der Waals surface area contributed by atoms with E-state index in [2.05, 4.69) is 30.7 Å². The normalized spacial score (nSPS) is 14.3. The molecule has 2 heterocycles. The maximum atomic E-state index is 13.0. The van der Waals surface area contributed by atoms with Crippen molar-refractivity contribution in [1.82, 2.24) is 9.97 Å². The Hall–Kier alpha value is -4.19. The molecule has 1 saturated heterocycles. The first-order valence-corrected chi connectivity index (χ1v) is 12.7. The Morgan fingerprint density at radius 3 is 2.58 bits per heavy atom. The van der Waals surface area contributed by atoms with Crippen molar-refractivity contribution in [3.8, 4) is 0 Å². The molecule has 12 heteroatoms. The molecule has 0 radical (unpaired) electrons. The van der Waals surface area contributed by atoms with Crippen molar-refractivity contribution in [3.63, 3.8) is 0 Å². The zero-order valence-electron chi connectivity index (χ0n) is 22.5. The maximum Gasteiger partial charge on any atom is 0.416 e. The fraction of sp³-hybridized carbons (Fsp3) is 0.357. The fourth-order valence-corrected chi connectivity index (χ4v) is 4.08. The van der Waals surface area contributed by atoms with Gasteiger partial charge in [0.05, 0.1) is 25.0 Å². The molecule has 0 aliphatic carbocycles. The Bertz CT molecular complexity index is 1360. The van der Waals surface area contributed by atoms with Crippen molar-refractivity contribution in [3.05, 3.63) is 77.1 Å². The first-order valence-electron chi connectivity index (χ1n) is 12.7. The van der Waals surface area contributed by atoms with Crippen LogP contribution in [0.1, 0.15) is 36.4 Å². The van der Waals surface area contributed by atoms with Gasteiger partial charge >= 0.3 is 12.3 Å². The number of hydrazone groups is 1. The van der Waals surface area contributed by atoms with Crippen molar-refractivity contribution >= 4 is 29.6 Å². The third-order valence-corrected chi connectivity index (χ3v) is 5.92. The Kier molecular flexibility index (Phi) is 8.88. The largest absolute Gasteiger partial charge is 0.443 e. The molecule has 0 atom stereocenters. The van der Waals surface area contributed by atoms with E-state index < -0.39 is 23.4 Å². The van der Waals surface area contributed by atoms with E-state index >= 15 is 0 Å². The van der Waals surface area contributed by atoms with Gasteiger partial charge in [0, 0.05) is 31.3 Å². The average Bonchev–Trinajstić information content (AvgIpc) is 2.88. The van der Waals surface area contributed by atoms with Gasteiger partial charge in [0.2, 0.25) is 0 Å². The predicted molar refractivity (Wildman–Crippen MR) is 147 cm³/mol. The van der Waals surface area contributed by atoms with E-state index in [1.54, 1.807) is 26.1 Å². The van der Waals surface area contributed by atoms with Gasteiger partial charge in [0.25, 0.3) is 0 Å². The molecular formula is C28H31F3N6O3. The number of amides is 1. The minimum absolute atomic E-state index is 0.0286. The number of anilines is 3. The van der Waals surface area contributed by atoms with Gasteiger partial charge < -0.3 is 14.4 Å². The summed E-state index contributed by atoms with van der Waals surface area (Å²) in [4.78, 5) is 23.9. The molecule has 9 nitrogen and oxygen atoms in total. The van der Waals surface area contributed by atoms with Crippen molar-refractivity contribution in [2.24, 2.45) is 5.10 Å². The molecule has 0 saturated carbocycles. The smallest absolute Gasteiger partial charge is 0.416 e. The molecule has 1 fully saturated rings. The number of nitrogens with one attached hydrogen (secondary N) is 2. The van der Waals surface area contributed by atoms with Crippen LogP contribution in [-0.2, 0) is 22.1 Å². The van der Waals surface area contributed by atoms with E-state index in [-0.39, 0.29) is 12.1 Å². The lowest BCUT2D eigenvalue weighted by Gasteiger charge is -2.29. The van der Waals surface area contributed by atoms with Crippen molar-refractivity contribution in [1.29, 1.82) is 0 Å². The lowest BCUT2D eigenvalue weighted by Crippen LogP contribution is -2.37. The predicted octanol–water partition coefficient (Wildman–Crippen LogP) is 5.66. The van der Waals surface area contributed by atoms with Crippen LogP contribution in [0.4, 0.5) is 35.3 Å². The number of hydrogen-bond donors (Lipinski definition) is 2. The molecule has 0 unspecified atom stereocenters. The first-order chi connectivity index (χ1) is 19.0. The lowest BCUT2D eigenvalue weighted by molar-refractivity contribution is -0.137. The molecule has 3 aromatic rings. The summed E-state index contributed by atoms with van der Waals surface area (Å²) >= 11 is 0. The van der Waals surface area contributed by atoms with Crippen LogP contribution in [0.5, 0.6) is 0 Å². The molecule has 1 aliphatic heterocycles. The summed E-state index contributed by atoms with van der Waals surface area (Å²) < 4.78 is 50.1. The van der Waals surface area contributed by atoms with Gasteiger partial charge in [0.1, 0.15) is 17.2 Å². The zero-order valence-corrected chi connectivity index (χ0v) is 22.5. The average molecular weight is 557 g/mol. The molecule has 0 spiro atoms. The number of nitrogens with zero attached hydrogens (tertiary/aromatic N) is 4. The second-order valence-corrected chi connectivity index (χ2v) is 9.94. The number of rotatable bonds is 8. The number of benzene rings is 2. The molecule has 2 N–H and O–H groups in total. The lowest BCUT2D eigenvalue weighted by atomic mass is 10.0. The van der Waals surface area contributed by atoms with E-state index in [9.17, 15) is 18.0 Å². The Morgan fingerprint density at radius 2 is 1.85 bits per heavy atom. The van der Waals surface area contributed by atoms with Gasteiger partial charge in [-0.1, -0.05) is 35.9 Å². The highest BCUT2D eigenvalue weighted by Gasteiger charge is 2.31. The zero-order chi connectivity index (χ0) is 28.8. The number of morpholine rings is 1. The summed E-state index contributed by atoms with van der Waals surface area (Å²) in [7, 11) is 0. The summed E-state index contributed by atoms with van der Waals surface area (Å²) in [6.45, 7) is 7.79. The van der Waals surface area contributed by atoms with Crippen LogP contribution < -0.4 is 15.6 Å². The minimum Gasteiger partial charge on any atom is -0.443 e. The molecule has 2 aromatic carbocycles. The molecular weight excluding hydrogens is 525 g/mol. The van der Waals surface area contributed by atoms with Crippen molar-refractivity contribution in [2.75, 3.05) is 41.9 Å². The van der Waals surface area contributed by atoms with E-state index in [1.807, 2.05) is 31.2 Å². The Labute approximate surface area is 230 Å². The Balaban J connectivity index is 1.48. The number of aromatic nitrogens is 2. The number of carbonyl (C=O) groups is 1. The third kappa shape index (κ3) is 8.40. The summed E-state index contributed by atoms with van der Waals surface area (Å²) in [6, 6.07) is 14.0. The van der Waals surface area contributed by atoms with Crippen LogP contribution in [0.2, 0.25) is 0 Å². The second-order valence-electron chi connectivity index (χ2n) is 9.94. The number of carbonyl (C=O) groups excluding carboxylic acids is 1. The summed E-state index contributed by atoms with van der Waals surface area (Å²) in [5.74, 6) is 1.53. The number of aryl methyl sites for hydroxylation is 1. The highest BCUT2D eigenvalue weighted by atomic mass is 19.4. The fourth-order valence-electron chi connectivity index (χ4n) is 4.08. The Morgan fingerprint density at radius 1 is 1.10 bits per heavy atom. The standard InChI is InChI=1S/C28H31F3N6O3/c1-19-6-4-7-20(14-19)18-32-36-23-16-25(37-10-12-39-13-11-37)35-24(34-23)17-27(2,3)40-26(38)33-22-9-5-8-21(15-22)28(29,30)31/h4-9,14-16,18H,10-13,17H2,1-3H3,(H,33,38)(H,34,35,36). The highest BCUT2D eigenvalue weighted by Crippen LogP contribution is 2.31. The van der Waals surface area contributed by atoms with Gasteiger partial charge in [-0.05, 0) is 44.5 Å². The molecule has 212 valence electrons. The number of hydrogen-bond acceptors (Lipinski definition) is 8. The van der Waals surface area contributed by atoms with Crippen molar-refractivity contribution in [2.45, 2.75) is 39.0 Å². The summed E-state index contributed by atoms with van der Waals surface area (Å²) in [5.41, 5.74) is 3.01.